The average Bonchev–Trinajstić information content (AvgIpc) is 2.83. The lowest BCUT2D eigenvalue weighted by Gasteiger charge is -2.37. The van der Waals surface area contributed by atoms with Crippen LogP contribution in [0.1, 0.15) is 50.5 Å². The van der Waals surface area contributed by atoms with Gasteiger partial charge in [-0.25, -0.2) is 4.39 Å². The van der Waals surface area contributed by atoms with Gasteiger partial charge in [-0.1, -0.05) is 37.8 Å². The van der Waals surface area contributed by atoms with Crippen LogP contribution in [-0.4, -0.2) is 37.7 Å². The molecule has 3 heteroatoms. The van der Waals surface area contributed by atoms with E-state index in [1.165, 1.54) is 44.1 Å². The molecule has 1 aliphatic carbocycles. The number of halogens is 1. The van der Waals surface area contributed by atoms with Gasteiger partial charge in [0.2, 0.25) is 0 Å². The van der Waals surface area contributed by atoms with Crippen molar-refractivity contribution in [2.75, 3.05) is 26.8 Å². The molecule has 3 rings (SSSR count). The Kier molecular flexibility index (Phi) is 5.14. The maximum absolute atomic E-state index is 13.3. The number of ether oxygens (including phenoxy) is 1. The molecule has 0 N–H and O–H groups in total. The average molecular weight is 305 g/mol. The fraction of sp³-hybridized carbons (Fsp3) is 0.684. The Morgan fingerprint density at radius 1 is 1.14 bits per heavy atom. The lowest BCUT2D eigenvalue weighted by Crippen LogP contribution is -2.44. The molecule has 22 heavy (non-hydrogen) atoms. The van der Waals surface area contributed by atoms with Crippen molar-refractivity contribution < 1.29 is 9.13 Å². The molecule has 0 radical (unpaired) electrons. The smallest absolute Gasteiger partial charge is 0.123 e. The zero-order valence-electron chi connectivity index (χ0n) is 13.7. The van der Waals surface area contributed by atoms with Gasteiger partial charge in [-0.3, -0.25) is 0 Å². The van der Waals surface area contributed by atoms with Gasteiger partial charge < -0.3 is 9.64 Å². The largest absolute Gasteiger partial charge is 0.380 e. The van der Waals surface area contributed by atoms with Crippen LogP contribution in [0.25, 0.3) is 0 Å². The van der Waals surface area contributed by atoms with Crippen molar-refractivity contribution in [3.63, 3.8) is 0 Å². The second-order valence-corrected chi connectivity index (χ2v) is 7.15. The fourth-order valence-electron chi connectivity index (χ4n) is 4.16. The minimum atomic E-state index is -0.157. The second-order valence-electron chi connectivity index (χ2n) is 7.15. The topological polar surface area (TPSA) is 12.5 Å². The standard InChI is InChI=1S/C19H28FNO/c1-21(18-6-4-2-3-5-7-18)14-19(12-13-22-15-19)16-8-10-17(20)11-9-16/h8-11,18H,2-7,12-15H2,1H3/t19-/m0/s1. The molecule has 1 heterocycles. The van der Waals surface area contributed by atoms with Gasteiger partial charge in [0.05, 0.1) is 6.61 Å². The zero-order valence-corrected chi connectivity index (χ0v) is 13.7. The van der Waals surface area contributed by atoms with Gasteiger partial charge in [0.25, 0.3) is 0 Å². The van der Waals surface area contributed by atoms with Crippen LogP contribution in [0, 0.1) is 5.82 Å². The van der Waals surface area contributed by atoms with E-state index in [0.717, 1.165) is 26.2 Å². The van der Waals surface area contributed by atoms with Crippen LogP contribution in [-0.2, 0) is 10.2 Å². The molecule has 122 valence electrons. The molecule has 1 saturated heterocycles. The fourth-order valence-corrected chi connectivity index (χ4v) is 4.16. The van der Waals surface area contributed by atoms with Gasteiger partial charge in [0.15, 0.2) is 0 Å². The van der Waals surface area contributed by atoms with Crippen molar-refractivity contribution in [2.45, 2.75) is 56.4 Å². The highest BCUT2D eigenvalue weighted by molar-refractivity contribution is 5.28. The molecule has 0 bridgehead atoms. The Bertz CT molecular complexity index is 459. The van der Waals surface area contributed by atoms with E-state index in [0.29, 0.717) is 6.04 Å². The second kappa shape index (κ2) is 7.10. The third kappa shape index (κ3) is 3.52. The van der Waals surface area contributed by atoms with E-state index >= 15 is 0 Å². The summed E-state index contributed by atoms with van der Waals surface area (Å²) in [6.45, 7) is 2.59. The predicted molar refractivity (Wildman–Crippen MR) is 87.6 cm³/mol. The molecule has 1 aromatic carbocycles. The Balaban J connectivity index is 1.74. The highest BCUT2D eigenvalue weighted by Gasteiger charge is 2.38. The normalized spacial score (nSPS) is 27.2. The highest BCUT2D eigenvalue weighted by Crippen LogP contribution is 2.35. The lowest BCUT2D eigenvalue weighted by molar-refractivity contribution is 0.137. The van der Waals surface area contributed by atoms with E-state index in [9.17, 15) is 4.39 Å². The first-order chi connectivity index (χ1) is 10.7. The van der Waals surface area contributed by atoms with E-state index in [-0.39, 0.29) is 11.2 Å². The number of benzene rings is 1. The first kappa shape index (κ1) is 15.9. The summed E-state index contributed by atoms with van der Waals surface area (Å²) in [5.74, 6) is -0.157. The van der Waals surface area contributed by atoms with Gasteiger partial charge in [-0.2, -0.15) is 0 Å². The molecular weight excluding hydrogens is 277 g/mol. The molecule has 0 aromatic heterocycles. The monoisotopic (exact) mass is 305 g/mol. The number of likely N-dealkylation sites (N-methyl/N-ethyl adjacent to an activating group) is 1. The number of hydrogen-bond acceptors (Lipinski definition) is 2. The minimum Gasteiger partial charge on any atom is -0.380 e. The minimum absolute atomic E-state index is 0.0365. The van der Waals surface area contributed by atoms with E-state index < -0.39 is 0 Å². The van der Waals surface area contributed by atoms with Gasteiger partial charge in [-0.15, -0.1) is 0 Å². The number of rotatable bonds is 4. The molecular formula is C19H28FNO. The zero-order chi connectivity index (χ0) is 15.4. The van der Waals surface area contributed by atoms with E-state index in [2.05, 4.69) is 11.9 Å². The van der Waals surface area contributed by atoms with Crippen molar-refractivity contribution in [1.82, 2.24) is 4.90 Å². The lowest BCUT2D eigenvalue weighted by atomic mass is 9.79. The van der Waals surface area contributed by atoms with Crippen LogP contribution >= 0.6 is 0 Å². The quantitative estimate of drug-likeness (QED) is 0.775. The van der Waals surface area contributed by atoms with Gasteiger partial charge >= 0.3 is 0 Å². The maximum atomic E-state index is 13.3. The summed E-state index contributed by atoms with van der Waals surface area (Å²) >= 11 is 0. The van der Waals surface area contributed by atoms with Crippen molar-refractivity contribution in [1.29, 1.82) is 0 Å². The van der Waals surface area contributed by atoms with Crippen LogP contribution in [0.2, 0.25) is 0 Å². The Labute approximate surface area is 133 Å². The van der Waals surface area contributed by atoms with Crippen molar-refractivity contribution in [3.05, 3.63) is 35.6 Å². The van der Waals surface area contributed by atoms with Gasteiger partial charge in [0, 0.05) is 24.6 Å². The molecule has 1 aliphatic heterocycles. The summed E-state index contributed by atoms with van der Waals surface area (Å²) < 4.78 is 19.0. The number of nitrogens with zero attached hydrogens (tertiary/aromatic N) is 1. The van der Waals surface area contributed by atoms with Gasteiger partial charge in [-0.05, 0) is 44.0 Å². The predicted octanol–water partition coefficient (Wildman–Crippen LogP) is 4.14. The SMILES string of the molecule is CN(C[C@@]1(c2ccc(F)cc2)CCOC1)C1CCCCCC1. The van der Waals surface area contributed by atoms with E-state index in [1.807, 2.05) is 12.1 Å². The highest BCUT2D eigenvalue weighted by atomic mass is 19.1. The molecule has 2 fully saturated rings. The summed E-state index contributed by atoms with van der Waals surface area (Å²) in [4.78, 5) is 2.54. The van der Waals surface area contributed by atoms with Crippen LogP contribution < -0.4 is 0 Å². The summed E-state index contributed by atoms with van der Waals surface area (Å²) in [6.07, 6.45) is 9.15. The Morgan fingerprint density at radius 2 is 1.82 bits per heavy atom. The maximum Gasteiger partial charge on any atom is 0.123 e. The van der Waals surface area contributed by atoms with Crippen LogP contribution in [0.5, 0.6) is 0 Å². The Morgan fingerprint density at radius 3 is 2.41 bits per heavy atom. The molecule has 0 amide bonds. The molecule has 0 spiro atoms. The summed E-state index contributed by atoms with van der Waals surface area (Å²) in [5.41, 5.74) is 1.27. The first-order valence-electron chi connectivity index (χ1n) is 8.74. The molecule has 2 aliphatic rings. The molecule has 1 aromatic rings. The van der Waals surface area contributed by atoms with E-state index in [4.69, 9.17) is 4.74 Å². The molecule has 1 atom stereocenters. The first-order valence-corrected chi connectivity index (χ1v) is 8.74. The molecule has 0 unspecified atom stereocenters. The van der Waals surface area contributed by atoms with Crippen LogP contribution in [0.15, 0.2) is 24.3 Å². The summed E-state index contributed by atoms with van der Waals surface area (Å²) in [5, 5.41) is 0. The van der Waals surface area contributed by atoms with Crippen molar-refractivity contribution in [3.8, 4) is 0 Å². The molecule has 2 nitrogen and oxygen atoms in total. The summed E-state index contributed by atoms with van der Waals surface area (Å²) in [6, 6.07) is 7.76. The van der Waals surface area contributed by atoms with Crippen molar-refractivity contribution >= 4 is 0 Å². The van der Waals surface area contributed by atoms with Crippen LogP contribution in [0.3, 0.4) is 0 Å². The van der Waals surface area contributed by atoms with E-state index in [1.54, 1.807) is 12.1 Å². The summed E-state index contributed by atoms with van der Waals surface area (Å²) in [7, 11) is 2.26. The van der Waals surface area contributed by atoms with Gasteiger partial charge in [0.1, 0.15) is 5.82 Å². The van der Waals surface area contributed by atoms with Crippen molar-refractivity contribution in [2.24, 2.45) is 0 Å². The third-order valence-corrected chi connectivity index (χ3v) is 5.56. The number of hydrogen-bond donors (Lipinski definition) is 0. The van der Waals surface area contributed by atoms with Crippen LogP contribution in [0.4, 0.5) is 4.39 Å². The molecule has 1 saturated carbocycles. The Hall–Kier alpha value is -0.930. The third-order valence-electron chi connectivity index (χ3n) is 5.56.